The molecule has 3 heteroatoms. The second kappa shape index (κ2) is 6.58. The highest BCUT2D eigenvalue weighted by atomic mass is 35.5. The third-order valence-electron chi connectivity index (χ3n) is 2.19. The molecule has 0 bridgehead atoms. The topological polar surface area (TPSA) is 9.23 Å². The van der Waals surface area contributed by atoms with Crippen LogP contribution in [-0.2, 0) is 0 Å². The summed E-state index contributed by atoms with van der Waals surface area (Å²) in [6.45, 7) is 0.656. The summed E-state index contributed by atoms with van der Waals surface area (Å²) >= 11 is 7.77. The SMILES string of the molecule is Clc1ccccc1OCCSc1ccccc1. The van der Waals surface area contributed by atoms with Crippen LogP contribution in [0.25, 0.3) is 0 Å². The van der Waals surface area contributed by atoms with Crippen molar-refractivity contribution in [3.63, 3.8) is 0 Å². The fourth-order valence-corrected chi connectivity index (χ4v) is 2.33. The van der Waals surface area contributed by atoms with Gasteiger partial charge in [-0.25, -0.2) is 0 Å². The normalized spacial score (nSPS) is 10.2. The standard InChI is InChI=1S/C14H13ClOS/c15-13-8-4-5-9-14(13)16-10-11-17-12-6-2-1-3-7-12/h1-9H,10-11H2. The lowest BCUT2D eigenvalue weighted by molar-refractivity contribution is 0.344. The summed E-state index contributed by atoms with van der Waals surface area (Å²) in [4.78, 5) is 1.26. The van der Waals surface area contributed by atoms with Gasteiger partial charge in [-0.1, -0.05) is 41.9 Å². The largest absolute Gasteiger partial charge is 0.491 e. The molecule has 2 aromatic rings. The number of thioether (sulfide) groups is 1. The molecule has 2 rings (SSSR count). The molecule has 0 amide bonds. The summed E-state index contributed by atoms with van der Waals surface area (Å²) in [5.74, 6) is 1.66. The van der Waals surface area contributed by atoms with Gasteiger partial charge in [-0.3, -0.25) is 0 Å². The van der Waals surface area contributed by atoms with Gasteiger partial charge in [-0.15, -0.1) is 11.8 Å². The molecule has 0 saturated carbocycles. The van der Waals surface area contributed by atoms with Crippen LogP contribution in [0.4, 0.5) is 0 Å². The lowest BCUT2D eigenvalue weighted by Gasteiger charge is -2.07. The third kappa shape index (κ3) is 3.99. The van der Waals surface area contributed by atoms with E-state index in [9.17, 15) is 0 Å². The van der Waals surface area contributed by atoms with Gasteiger partial charge in [-0.2, -0.15) is 0 Å². The van der Waals surface area contributed by atoms with E-state index in [0.717, 1.165) is 11.5 Å². The molecule has 88 valence electrons. The molecule has 0 unspecified atom stereocenters. The quantitative estimate of drug-likeness (QED) is 0.580. The van der Waals surface area contributed by atoms with Gasteiger partial charge in [0.05, 0.1) is 11.6 Å². The lowest BCUT2D eigenvalue weighted by Crippen LogP contribution is -2.00. The summed E-state index contributed by atoms with van der Waals surface area (Å²) in [6, 6.07) is 17.8. The van der Waals surface area contributed by atoms with Gasteiger partial charge < -0.3 is 4.74 Å². The van der Waals surface area contributed by atoms with Crippen LogP contribution in [0.1, 0.15) is 0 Å². The molecule has 0 radical (unpaired) electrons. The molecular formula is C14H13ClOS. The lowest BCUT2D eigenvalue weighted by atomic mass is 10.3. The number of hydrogen-bond acceptors (Lipinski definition) is 2. The molecule has 1 nitrogen and oxygen atoms in total. The van der Waals surface area contributed by atoms with Crippen molar-refractivity contribution in [1.82, 2.24) is 0 Å². The number of para-hydroxylation sites is 1. The first-order valence-electron chi connectivity index (χ1n) is 5.41. The number of rotatable bonds is 5. The van der Waals surface area contributed by atoms with Gasteiger partial charge in [0, 0.05) is 10.6 Å². The maximum atomic E-state index is 5.99. The van der Waals surface area contributed by atoms with E-state index in [1.54, 1.807) is 11.8 Å². The van der Waals surface area contributed by atoms with Crippen molar-refractivity contribution < 1.29 is 4.74 Å². The highest BCUT2D eigenvalue weighted by molar-refractivity contribution is 7.99. The Morgan fingerprint density at radius 3 is 2.41 bits per heavy atom. The van der Waals surface area contributed by atoms with E-state index in [1.165, 1.54) is 4.90 Å². The van der Waals surface area contributed by atoms with Crippen LogP contribution >= 0.6 is 23.4 Å². The first-order chi connectivity index (χ1) is 8.36. The average Bonchev–Trinajstić information content (AvgIpc) is 2.38. The number of hydrogen-bond donors (Lipinski definition) is 0. The van der Waals surface area contributed by atoms with Crippen molar-refractivity contribution in [3.05, 3.63) is 59.6 Å². The molecule has 0 atom stereocenters. The van der Waals surface area contributed by atoms with Crippen molar-refractivity contribution in [2.24, 2.45) is 0 Å². The Morgan fingerprint density at radius 2 is 1.65 bits per heavy atom. The number of ether oxygens (including phenoxy) is 1. The molecule has 0 aromatic heterocycles. The van der Waals surface area contributed by atoms with Crippen LogP contribution < -0.4 is 4.74 Å². The van der Waals surface area contributed by atoms with Crippen LogP contribution in [0.15, 0.2) is 59.5 Å². The first-order valence-corrected chi connectivity index (χ1v) is 6.78. The van der Waals surface area contributed by atoms with E-state index >= 15 is 0 Å². The van der Waals surface area contributed by atoms with Gasteiger partial charge in [0.1, 0.15) is 5.75 Å². The molecule has 0 heterocycles. The van der Waals surface area contributed by atoms with Crippen LogP contribution in [0.2, 0.25) is 5.02 Å². The molecule has 2 aromatic carbocycles. The molecule has 17 heavy (non-hydrogen) atoms. The maximum absolute atomic E-state index is 5.99. The minimum Gasteiger partial charge on any atom is -0.491 e. The summed E-state index contributed by atoms with van der Waals surface area (Å²) in [6.07, 6.45) is 0. The van der Waals surface area contributed by atoms with Crippen molar-refractivity contribution >= 4 is 23.4 Å². The van der Waals surface area contributed by atoms with Crippen LogP contribution in [0.5, 0.6) is 5.75 Å². The Balaban J connectivity index is 1.76. The Labute approximate surface area is 111 Å². The predicted octanol–water partition coefficient (Wildman–Crippen LogP) is 4.51. The monoisotopic (exact) mass is 264 g/mol. The Morgan fingerprint density at radius 1 is 0.941 bits per heavy atom. The summed E-state index contributed by atoms with van der Waals surface area (Å²) in [7, 11) is 0. The minimum atomic E-state index is 0.656. The van der Waals surface area contributed by atoms with Crippen LogP contribution in [0.3, 0.4) is 0 Å². The zero-order valence-corrected chi connectivity index (χ0v) is 10.9. The predicted molar refractivity (Wildman–Crippen MR) is 74.1 cm³/mol. The van der Waals surface area contributed by atoms with E-state index in [0.29, 0.717) is 11.6 Å². The molecule has 0 N–H and O–H groups in total. The molecule has 0 aliphatic heterocycles. The fraction of sp³-hybridized carbons (Fsp3) is 0.143. The van der Waals surface area contributed by atoms with Gasteiger partial charge in [0.25, 0.3) is 0 Å². The zero-order chi connectivity index (χ0) is 11.9. The smallest absolute Gasteiger partial charge is 0.137 e. The van der Waals surface area contributed by atoms with Gasteiger partial charge in [0.15, 0.2) is 0 Å². The first kappa shape index (κ1) is 12.3. The Bertz CT molecular complexity index is 459. The second-order valence-corrected chi connectivity index (χ2v) is 5.02. The highest BCUT2D eigenvalue weighted by Crippen LogP contribution is 2.24. The molecule has 0 saturated heterocycles. The molecular weight excluding hydrogens is 252 g/mol. The summed E-state index contributed by atoms with van der Waals surface area (Å²) < 4.78 is 5.61. The van der Waals surface area contributed by atoms with E-state index in [-0.39, 0.29) is 0 Å². The zero-order valence-electron chi connectivity index (χ0n) is 9.30. The third-order valence-corrected chi connectivity index (χ3v) is 3.48. The molecule has 0 aliphatic rings. The minimum absolute atomic E-state index is 0.656. The molecule has 0 spiro atoms. The van der Waals surface area contributed by atoms with Crippen molar-refractivity contribution in [2.45, 2.75) is 4.90 Å². The van der Waals surface area contributed by atoms with Crippen LogP contribution in [-0.4, -0.2) is 12.4 Å². The van der Waals surface area contributed by atoms with E-state index < -0.39 is 0 Å². The van der Waals surface area contributed by atoms with E-state index in [2.05, 4.69) is 12.1 Å². The van der Waals surface area contributed by atoms with Gasteiger partial charge in [0.2, 0.25) is 0 Å². The second-order valence-electron chi connectivity index (χ2n) is 3.44. The number of halogens is 1. The molecule has 0 aliphatic carbocycles. The van der Waals surface area contributed by atoms with E-state index in [1.807, 2.05) is 42.5 Å². The van der Waals surface area contributed by atoms with Crippen molar-refractivity contribution in [1.29, 1.82) is 0 Å². The highest BCUT2D eigenvalue weighted by Gasteiger charge is 1.99. The molecule has 0 fully saturated rings. The van der Waals surface area contributed by atoms with Crippen molar-refractivity contribution in [3.8, 4) is 5.75 Å². The number of benzene rings is 2. The summed E-state index contributed by atoms with van der Waals surface area (Å²) in [5.41, 5.74) is 0. The van der Waals surface area contributed by atoms with Crippen molar-refractivity contribution in [2.75, 3.05) is 12.4 Å². The Kier molecular flexibility index (Phi) is 4.77. The maximum Gasteiger partial charge on any atom is 0.137 e. The Hall–Kier alpha value is -1.12. The van der Waals surface area contributed by atoms with Gasteiger partial charge >= 0.3 is 0 Å². The van der Waals surface area contributed by atoms with E-state index in [4.69, 9.17) is 16.3 Å². The fourth-order valence-electron chi connectivity index (χ4n) is 1.39. The average molecular weight is 265 g/mol. The van der Waals surface area contributed by atoms with Crippen LogP contribution in [0, 0.1) is 0 Å². The van der Waals surface area contributed by atoms with Gasteiger partial charge in [-0.05, 0) is 24.3 Å². The summed E-state index contributed by atoms with van der Waals surface area (Å²) in [5, 5.41) is 0.664.